The van der Waals surface area contributed by atoms with Crippen molar-refractivity contribution in [1.82, 2.24) is 5.01 Å². The fraction of sp³-hybridized carbons (Fsp3) is 0.200. The topological polar surface area (TPSA) is 82.0 Å². The minimum atomic E-state index is -0.441. The summed E-state index contributed by atoms with van der Waals surface area (Å²) >= 11 is 1.37. The Morgan fingerprint density at radius 1 is 1.22 bits per heavy atom. The predicted molar refractivity (Wildman–Crippen MR) is 109 cm³/mol. The Morgan fingerprint density at radius 3 is 2.81 bits per heavy atom. The Balaban J connectivity index is 1.60. The van der Waals surface area contributed by atoms with E-state index in [0.29, 0.717) is 16.7 Å². The molecule has 3 heterocycles. The summed E-state index contributed by atoms with van der Waals surface area (Å²) in [4.78, 5) is 16.5. The molecule has 2 aliphatic rings. The third-order valence-electron chi connectivity index (χ3n) is 4.21. The molecule has 4 rings (SSSR count). The number of unbranched alkanes of at least 4 members (excludes halogenated alkanes) is 1. The second kappa shape index (κ2) is 7.36. The van der Waals surface area contributed by atoms with Crippen LogP contribution in [0.2, 0.25) is 0 Å². The molecule has 0 saturated carbocycles. The van der Waals surface area contributed by atoms with Gasteiger partial charge in [0.25, 0.3) is 5.91 Å². The molecule has 6 nitrogen and oxygen atoms in total. The number of fused-ring (bicyclic) bond motifs is 1. The normalized spacial score (nSPS) is 18.0. The molecule has 0 fully saturated rings. The Bertz CT molecular complexity index is 988. The monoisotopic (exact) mass is 378 g/mol. The summed E-state index contributed by atoms with van der Waals surface area (Å²) in [6, 6.07) is 13.3. The first-order chi connectivity index (χ1) is 13.2. The third-order valence-corrected chi connectivity index (χ3v) is 5.18. The molecule has 0 aliphatic carbocycles. The average molecular weight is 378 g/mol. The summed E-state index contributed by atoms with van der Waals surface area (Å²) in [6.07, 6.45) is 4.47. The molecule has 0 spiro atoms. The Hall–Kier alpha value is -2.93. The SMILES string of the molecule is CCCCC1=NN2C(=N)/C(=C/c3ccc(-c4ccccc4)o3)C(=O)N=C2S1. The second-order valence-electron chi connectivity index (χ2n) is 6.19. The molecule has 2 aliphatic heterocycles. The van der Waals surface area contributed by atoms with Gasteiger partial charge in [0.1, 0.15) is 16.6 Å². The summed E-state index contributed by atoms with van der Waals surface area (Å²) < 4.78 is 5.82. The lowest BCUT2D eigenvalue weighted by atomic mass is 10.1. The molecule has 7 heteroatoms. The lowest BCUT2D eigenvalue weighted by Crippen LogP contribution is -2.35. The summed E-state index contributed by atoms with van der Waals surface area (Å²) in [5, 5.41) is 15.6. The number of furan rings is 1. The number of amides is 1. The van der Waals surface area contributed by atoms with E-state index in [4.69, 9.17) is 9.83 Å². The van der Waals surface area contributed by atoms with Crippen LogP contribution >= 0.6 is 11.8 Å². The Morgan fingerprint density at radius 2 is 2.04 bits per heavy atom. The Labute approximate surface area is 161 Å². The van der Waals surface area contributed by atoms with Crippen LogP contribution in [-0.4, -0.2) is 27.0 Å². The van der Waals surface area contributed by atoms with Gasteiger partial charge in [0.15, 0.2) is 5.84 Å². The van der Waals surface area contributed by atoms with Gasteiger partial charge >= 0.3 is 0 Å². The number of thioether (sulfide) groups is 1. The molecule has 1 aromatic heterocycles. The zero-order valence-electron chi connectivity index (χ0n) is 14.8. The van der Waals surface area contributed by atoms with E-state index in [1.54, 1.807) is 12.1 Å². The highest BCUT2D eigenvalue weighted by Gasteiger charge is 2.35. The van der Waals surface area contributed by atoms with Crippen LogP contribution in [0.25, 0.3) is 17.4 Å². The Kier molecular flexibility index (Phi) is 4.77. The molecule has 1 amide bonds. The number of rotatable bonds is 5. The number of benzene rings is 1. The predicted octanol–water partition coefficient (Wildman–Crippen LogP) is 4.76. The van der Waals surface area contributed by atoms with Gasteiger partial charge in [0, 0.05) is 5.56 Å². The lowest BCUT2D eigenvalue weighted by molar-refractivity contribution is -0.114. The van der Waals surface area contributed by atoms with Crippen molar-refractivity contribution in [2.75, 3.05) is 0 Å². The molecular formula is C20H18N4O2S. The van der Waals surface area contributed by atoms with E-state index in [1.165, 1.54) is 16.8 Å². The molecule has 0 unspecified atom stereocenters. The number of carbonyl (C=O) groups is 1. The number of carbonyl (C=O) groups excluding carboxylic acids is 1. The summed E-state index contributed by atoms with van der Waals surface area (Å²) in [6.45, 7) is 2.12. The standard InChI is InChI=1S/C20H18N4O2S/c1-2-3-9-17-23-24-18(21)15(19(25)22-20(24)27-17)12-14-10-11-16(26-14)13-7-5-4-6-8-13/h4-8,10-12,21H,2-3,9H2,1H3/b15-12-,21-18?. The number of hydrogen-bond donors (Lipinski definition) is 1. The van der Waals surface area contributed by atoms with Gasteiger partial charge in [-0.25, -0.2) is 0 Å². The van der Waals surface area contributed by atoms with Gasteiger partial charge in [-0.2, -0.15) is 15.1 Å². The zero-order chi connectivity index (χ0) is 18.8. The molecule has 0 saturated heterocycles. The van der Waals surface area contributed by atoms with Crippen molar-refractivity contribution in [3.05, 3.63) is 53.8 Å². The number of aliphatic imine (C=N–C) groups is 1. The first-order valence-electron chi connectivity index (χ1n) is 8.80. The second-order valence-corrected chi connectivity index (χ2v) is 7.23. The van der Waals surface area contributed by atoms with Crippen LogP contribution in [0.3, 0.4) is 0 Å². The zero-order valence-corrected chi connectivity index (χ0v) is 15.6. The average Bonchev–Trinajstić information content (AvgIpc) is 3.31. The maximum atomic E-state index is 12.4. The van der Waals surface area contributed by atoms with Crippen LogP contribution in [-0.2, 0) is 4.79 Å². The van der Waals surface area contributed by atoms with Crippen LogP contribution in [0.15, 0.2) is 62.5 Å². The van der Waals surface area contributed by atoms with Gasteiger partial charge in [0.05, 0.1) is 5.57 Å². The van der Waals surface area contributed by atoms with Gasteiger partial charge in [-0.15, -0.1) is 0 Å². The van der Waals surface area contributed by atoms with Crippen LogP contribution < -0.4 is 0 Å². The van der Waals surface area contributed by atoms with E-state index >= 15 is 0 Å². The highest BCUT2D eigenvalue weighted by atomic mass is 32.2. The third kappa shape index (κ3) is 3.50. The van der Waals surface area contributed by atoms with Gasteiger partial charge in [-0.3, -0.25) is 10.2 Å². The maximum Gasteiger partial charge on any atom is 0.283 e. The molecule has 0 radical (unpaired) electrons. The molecule has 27 heavy (non-hydrogen) atoms. The van der Waals surface area contributed by atoms with Crippen LogP contribution in [0.5, 0.6) is 0 Å². The largest absolute Gasteiger partial charge is 0.457 e. The molecule has 2 aromatic rings. The van der Waals surface area contributed by atoms with Crippen LogP contribution in [0.4, 0.5) is 0 Å². The maximum absolute atomic E-state index is 12.4. The summed E-state index contributed by atoms with van der Waals surface area (Å²) in [5.74, 6) is 0.797. The van der Waals surface area contributed by atoms with Crippen LogP contribution in [0, 0.1) is 5.41 Å². The van der Waals surface area contributed by atoms with E-state index in [0.717, 1.165) is 29.9 Å². The fourth-order valence-electron chi connectivity index (χ4n) is 2.79. The van der Waals surface area contributed by atoms with Crippen molar-refractivity contribution < 1.29 is 9.21 Å². The number of nitrogens with zero attached hydrogens (tertiary/aromatic N) is 3. The first-order valence-corrected chi connectivity index (χ1v) is 9.61. The minimum absolute atomic E-state index is 0.0293. The number of hydrogen-bond acceptors (Lipinski definition) is 5. The number of hydrazone groups is 1. The van der Waals surface area contributed by atoms with E-state index in [-0.39, 0.29) is 11.4 Å². The van der Waals surface area contributed by atoms with Crippen molar-refractivity contribution in [3.8, 4) is 11.3 Å². The molecule has 1 N–H and O–H groups in total. The van der Waals surface area contributed by atoms with Crippen molar-refractivity contribution in [2.45, 2.75) is 26.2 Å². The van der Waals surface area contributed by atoms with E-state index < -0.39 is 5.91 Å². The first kappa shape index (κ1) is 17.5. The molecule has 136 valence electrons. The quantitative estimate of drug-likeness (QED) is 0.761. The molecular weight excluding hydrogens is 360 g/mol. The van der Waals surface area contributed by atoms with Crippen LogP contribution in [0.1, 0.15) is 31.9 Å². The van der Waals surface area contributed by atoms with E-state index in [9.17, 15) is 4.79 Å². The number of nitrogens with one attached hydrogen (secondary N) is 1. The van der Waals surface area contributed by atoms with E-state index in [1.807, 2.05) is 36.4 Å². The van der Waals surface area contributed by atoms with Gasteiger partial charge in [-0.05, 0) is 42.8 Å². The van der Waals surface area contributed by atoms with Crippen molar-refractivity contribution in [3.63, 3.8) is 0 Å². The van der Waals surface area contributed by atoms with Crippen molar-refractivity contribution in [2.24, 2.45) is 10.1 Å². The molecule has 1 aromatic carbocycles. The van der Waals surface area contributed by atoms with Gasteiger partial charge in [0.2, 0.25) is 5.17 Å². The van der Waals surface area contributed by atoms with Gasteiger partial charge in [-0.1, -0.05) is 43.7 Å². The summed E-state index contributed by atoms with van der Waals surface area (Å²) in [7, 11) is 0. The highest BCUT2D eigenvalue weighted by Crippen LogP contribution is 2.30. The van der Waals surface area contributed by atoms with Crippen molar-refractivity contribution >= 4 is 39.8 Å². The minimum Gasteiger partial charge on any atom is -0.457 e. The van der Waals surface area contributed by atoms with Crippen molar-refractivity contribution in [1.29, 1.82) is 5.41 Å². The molecule has 0 atom stereocenters. The highest BCUT2D eigenvalue weighted by molar-refractivity contribution is 8.26. The van der Waals surface area contributed by atoms with Gasteiger partial charge < -0.3 is 4.42 Å². The molecule has 0 bridgehead atoms. The summed E-state index contributed by atoms with van der Waals surface area (Å²) in [5.41, 5.74) is 1.13. The lowest BCUT2D eigenvalue weighted by Gasteiger charge is -2.19. The van der Waals surface area contributed by atoms with E-state index in [2.05, 4.69) is 17.0 Å². The number of amidine groups is 2. The fourth-order valence-corrected chi connectivity index (χ4v) is 3.72. The smallest absolute Gasteiger partial charge is 0.283 e.